The topological polar surface area (TPSA) is 26.5 Å². The molecule has 6 aromatic carbocycles. The fourth-order valence-corrected chi connectivity index (χ4v) is 10.5. The Morgan fingerprint density at radius 2 is 0.967 bits per heavy atom. The van der Waals surface area contributed by atoms with Gasteiger partial charge in [0.05, 0.1) is 16.8 Å². The molecule has 1 saturated carbocycles. The minimum atomic E-state index is -0.647. The van der Waals surface area contributed by atoms with Crippen molar-refractivity contribution in [1.29, 1.82) is 0 Å². The summed E-state index contributed by atoms with van der Waals surface area (Å²) in [6.07, 6.45) is 10.6. The number of aliphatic imine (C=N–C) groups is 1. The van der Waals surface area contributed by atoms with Crippen molar-refractivity contribution in [2.24, 2.45) is 10.9 Å². The number of hydrogen-bond acceptors (Lipinski definition) is 1. The van der Waals surface area contributed by atoms with Crippen LogP contribution < -0.4 is 4.98 Å². The van der Waals surface area contributed by atoms with Gasteiger partial charge >= 0.3 is 17.1 Å². The molecule has 0 bridgehead atoms. The van der Waals surface area contributed by atoms with E-state index in [4.69, 9.17) is 9.98 Å². The predicted molar refractivity (Wildman–Crippen MR) is 248 cm³/mol. The molecule has 1 aliphatic carbocycles. The Morgan fingerprint density at radius 1 is 0.533 bits per heavy atom. The van der Waals surface area contributed by atoms with Crippen molar-refractivity contribution in [1.82, 2.24) is 4.98 Å². The second-order valence-corrected chi connectivity index (χ2v) is 16.3. The third kappa shape index (κ3) is 7.40. The van der Waals surface area contributed by atoms with Crippen molar-refractivity contribution in [3.05, 3.63) is 263 Å². The van der Waals surface area contributed by atoms with Gasteiger partial charge < -0.3 is 12.4 Å². The summed E-state index contributed by atoms with van der Waals surface area (Å²) in [6, 6.07) is 64.2. The third-order valence-electron chi connectivity index (χ3n) is 12.8. The average molecular weight is 823 g/mol. The first-order valence-corrected chi connectivity index (χ1v) is 21.0. The minimum absolute atomic E-state index is 0. The molecule has 2 heterocycles. The summed E-state index contributed by atoms with van der Waals surface area (Å²) >= 11 is 0. The van der Waals surface area contributed by atoms with E-state index in [1.54, 1.807) is 0 Å². The number of aryl methyl sites for hydroxylation is 3. The van der Waals surface area contributed by atoms with Crippen LogP contribution in [0.15, 0.2) is 199 Å². The summed E-state index contributed by atoms with van der Waals surface area (Å²) in [4.78, 5) is 11.6. The predicted octanol–water partition coefficient (Wildman–Crippen LogP) is 13.7. The molecule has 0 spiro atoms. The monoisotopic (exact) mass is 822 g/mol. The molecule has 0 radical (unpaired) electrons. The van der Waals surface area contributed by atoms with Crippen LogP contribution in [0.4, 0.5) is 0 Å². The van der Waals surface area contributed by atoms with Crippen LogP contribution in [0.5, 0.6) is 0 Å². The van der Waals surface area contributed by atoms with Crippen LogP contribution in [0.2, 0.25) is 0 Å². The molecule has 300 valence electrons. The first kappa shape index (κ1) is 42.4. The first-order valence-electron chi connectivity index (χ1n) is 21.0. The summed E-state index contributed by atoms with van der Waals surface area (Å²) in [5.74, 6) is 0.423. The Bertz CT molecular complexity index is 2440. The summed E-state index contributed by atoms with van der Waals surface area (Å²) in [6.45, 7) is 6.67. The smallest absolute Gasteiger partial charge is 0.660 e. The van der Waals surface area contributed by atoms with Gasteiger partial charge in [0.25, 0.3) is 0 Å². The van der Waals surface area contributed by atoms with Crippen LogP contribution in [0.3, 0.4) is 0 Å². The molecule has 0 unspecified atom stereocenters. The van der Waals surface area contributed by atoms with Gasteiger partial charge in [0, 0.05) is 5.41 Å². The van der Waals surface area contributed by atoms with Crippen LogP contribution >= 0.6 is 0 Å². The van der Waals surface area contributed by atoms with Gasteiger partial charge in [-0.2, -0.15) is 0 Å². The Hall–Kier alpha value is -5.73. The molecule has 0 atom stereocenters. The molecule has 60 heavy (non-hydrogen) atoms. The van der Waals surface area contributed by atoms with E-state index < -0.39 is 10.8 Å². The summed E-state index contributed by atoms with van der Waals surface area (Å²) < 4.78 is 0. The quantitative estimate of drug-likeness (QED) is 0.0767. The van der Waals surface area contributed by atoms with Gasteiger partial charge in [-0.05, 0) is 102 Å². The van der Waals surface area contributed by atoms with Crippen molar-refractivity contribution in [3.63, 3.8) is 0 Å². The number of rotatable bonds is 10. The van der Waals surface area contributed by atoms with E-state index in [0.717, 1.165) is 28.4 Å². The molecule has 1 aromatic heterocycles. The van der Waals surface area contributed by atoms with E-state index in [1.807, 2.05) is 0 Å². The van der Waals surface area contributed by atoms with Gasteiger partial charge in [0.15, 0.2) is 0 Å². The molecule has 3 heteroatoms. The molecule has 0 amide bonds. The molecular formula is C57H54FeN2. The van der Waals surface area contributed by atoms with Gasteiger partial charge in [0.2, 0.25) is 0 Å². The van der Waals surface area contributed by atoms with E-state index in [2.05, 4.69) is 209 Å². The van der Waals surface area contributed by atoms with Gasteiger partial charge in [-0.15, -0.1) is 11.4 Å². The normalized spacial score (nSPS) is 15.2. The standard InChI is InChI=1S/C56H51N2.CH3.Fe/c1-40-38-41(2)53(42(3)39-40)54(49-34-36-51(57-49)55(43-22-10-4-11-23-43,44-24-12-5-13-25-44)45-26-14-6-15-27-45)50-35-37-52(58-50)56(46-28-16-7-17-29-46,47-30-18-8-19-31-47)48-32-20-9-21-33-48;;/h4-8,10-19,22-31,34-39,48H,9,20-21,32-33H2,1-3H3;1H3;/q2*-1;+2/b54-49+;;. The summed E-state index contributed by atoms with van der Waals surface area (Å²) in [7, 11) is 0. The van der Waals surface area contributed by atoms with Crippen molar-refractivity contribution in [2.75, 3.05) is 0 Å². The maximum absolute atomic E-state index is 5.84. The molecule has 1 fully saturated rings. The summed E-state index contributed by atoms with van der Waals surface area (Å²) in [5.41, 5.74) is 15.1. The van der Waals surface area contributed by atoms with Crippen LogP contribution in [0.25, 0.3) is 5.57 Å². The molecule has 0 N–H and O–H groups in total. The van der Waals surface area contributed by atoms with Crippen molar-refractivity contribution in [3.8, 4) is 0 Å². The van der Waals surface area contributed by atoms with E-state index in [-0.39, 0.29) is 24.5 Å². The zero-order chi connectivity index (χ0) is 39.5. The second kappa shape index (κ2) is 18.3. The van der Waals surface area contributed by atoms with E-state index in [9.17, 15) is 0 Å². The van der Waals surface area contributed by atoms with E-state index in [1.165, 1.54) is 82.2 Å². The molecule has 2 aliphatic rings. The second-order valence-electron chi connectivity index (χ2n) is 16.3. The number of hydrogen-bond donors (Lipinski definition) is 0. The van der Waals surface area contributed by atoms with Crippen LogP contribution in [-0.2, 0) is 27.9 Å². The summed E-state index contributed by atoms with van der Waals surface area (Å²) in [5, 5.41) is 0. The number of allylic oxidation sites excluding steroid dienone is 2. The molecule has 1 aliphatic heterocycles. The minimum Gasteiger partial charge on any atom is -0.660 e. The Morgan fingerprint density at radius 3 is 1.42 bits per heavy atom. The van der Waals surface area contributed by atoms with Crippen molar-refractivity contribution < 1.29 is 17.1 Å². The first-order chi connectivity index (χ1) is 28.5. The Kier molecular flexibility index (Phi) is 12.9. The largest absolute Gasteiger partial charge is 2.00 e. The number of benzene rings is 6. The van der Waals surface area contributed by atoms with E-state index >= 15 is 0 Å². The van der Waals surface area contributed by atoms with Crippen LogP contribution in [0, 0.1) is 34.1 Å². The molecule has 0 saturated heterocycles. The third-order valence-corrected chi connectivity index (χ3v) is 12.8. The number of aromatic nitrogens is 1. The maximum Gasteiger partial charge on any atom is 2.00 e. The van der Waals surface area contributed by atoms with Gasteiger partial charge in [-0.1, -0.05) is 201 Å². The SMILES string of the molecule is Cc1cc(C)c(/C(=C2\C=CC(C(c3ccccc3)(c3ccccc3)c3ccccc3)=N2)c2ccc(C(c3ccccc3)(c3ccccc3)C3CCCCC3)[n-]2)c(C)c1.[CH3-].[Fe+2]. The van der Waals surface area contributed by atoms with E-state index in [0.29, 0.717) is 5.92 Å². The fraction of sp³-hybridized carbons (Fsp3) is 0.193. The average Bonchev–Trinajstić information content (AvgIpc) is 3.97. The van der Waals surface area contributed by atoms with Gasteiger partial charge in [-0.25, -0.2) is 0 Å². The van der Waals surface area contributed by atoms with Crippen LogP contribution in [0.1, 0.15) is 93.6 Å². The zero-order valence-electron chi connectivity index (χ0n) is 35.3. The maximum atomic E-state index is 5.84. The zero-order valence-corrected chi connectivity index (χ0v) is 36.4. The van der Waals surface area contributed by atoms with Crippen molar-refractivity contribution >= 4 is 11.3 Å². The molecule has 9 rings (SSSR count). The number of nitrogens with zero attached hydrogens (tertiary/aromatic N) is 2. The Labute approximate surface area is 368 Å². The fourth-order valence-electron chi connectivity index (χ4n) is 10.5. The molecule has 7 aromatic rings. The Balaban J connectivity index is 0.00000272. The van der Waals surface area contributed by atoms with Crippen LogP contribution in [-0.4, -0.2) is 5.71 Å². The van der Waals surface area contributed by atoms with Gasteiger partial charge in [-0.3, -0.25) is 4.99 Å². The molecule has 2 nitrogen and oxygen atoms in total. The molecular weight excluding hydrogens is 768 g/mol. The van der Waals surface area contributed by atoms with Gasteiger partial charge in [0.1, 0.15) is 0 Å². The van der Waals surface area contributed by atoms with Crippen molar-refractivity contribution in [2.45, 2.75) is 63.7 Å².